The van der Waals surface area contributed by atoms with Crippen LogP contribution in [0.5, 0.6) is 0 Å². The molecular formula is C15H29N3O. The van der Waals surface area contributed by atoms with Gasteiger partial charge in [0.2, 0.25) is 5.91 Å². The summed E-state index contributed by atoms with van der Waals surface area (Å²) in [5.74, 6) is 0.337. The SMILES string of the molecule is CC(C)(C)NC1(C(=O)N2CCNCC2)CCCCC1. The standard InChI is InChI=1S/C15H29N3O/c1-14(2,3)17-15(7-5-4-6-8-15)13(19)18-11-9-16-10-12-18/h16-17H,4-12H2,1-3H3. The van der Waals surface area contributed by atoms with Gasteiger partial charge in [0, 0.05) is 31.7 Å². The van der Waals surface area contributed by atoms with Crippen molar-refractivity contribution in [3.05, 3.63) is 0 Å². The van der Waals surface area contributed by atoms with Crippen molar-refractivity contribution in [2.45, 2.75) is 64.0 Å². The zero-order valence-corrected chi connectivity index (χ0v) is 12.7. The maximum absolute atomic E-state index is 13.0. The van der Waals surface area contributed by atoms with Crippen LogP contribution in [0.25, 0.3) is 0 Å². The van der Waals surface area contributed by atoms with Crippen LogP contribution in [0.2, 0.25) is 0 Å². The molecule has 1 saturated carbocycles. The molecule has 0 unspecified atom stereocenters. The van der Waals surface area contributed by atoms with Gasteiger partial charge in [-0.1, -0.05) is 19.3 Å². The van der Waals surface area contributed by atoms with Gasteiger partial charge in [-0.2, -0.15) is 0 Å². The topological polar surface area (TPSA) is 44.4 Å². The predicted octanol–water partition coefficient (Wildman–Crippen LogP) is 1.51. The molecule has 0 atom stereocenters. The van der Waals surface area contributed by atoms with Crippen LogP contribution in [0.1, 0.15) is 52.9 Å². The number of hydrogen-bond acceptors (Lipinski definition) is 3. The minimum absolute atomic E-state index is 0.0129. The summed E-state index contributed by atoms with van der Waals surface area (Å²) in [4.78, 5) is 15.0. The van der Waals surface area contributed by atoms with E-state index < -0.39 is 0 Å². The summed E-state index contributed by atoms with van der Waals surface area (Å²) in [6.45, 7) is 10.0. The zero-order valence-electron chi connectivity index (χ0n) is 12.7. The Kier molecular flexibility index (Phi) is 4.51. The number of piperazine rings is 1. The lowest BCUT2D eigenvalue weighted by atomic mass is 9.78. The fourth-order valence-electron chi connectivity index (χ4n) is 3.44. The highest BCUT2D eigenvalue weighted by molar-refractivity contribution is 5.86. The lowest BCUT2D eigenvalue weighted by Gasteiger charge is -2.45. The van der Waals surface area contributed by atoms with Crippen LogP contribution in [0.15, 0.2) is 0 Å². The largest absolute Gasteiger partial charge is 0.339 e. The van der Waals surface area contributed by atoms with Gasteiger partial charge < -0.3 is 10.2 Å². The van der Waals surface area contributed by atoms with Crippen LogP contribution in [0.4, 0.5) is 0 Å². The van der Waals surface area contributed by atoms with E-state index in [1.807, 2.05) is 0 Å². The van der Waals surface area contributed by atoms with Crippen LogP contribution in [-0.4, -0.2) is 48.1 Å². The van der Waals surface area contributed by atoms with E-state index in [9.17, 15) is 4.79 Å². The van der Waals surface area contributed by atoms with Gasteiger partial charge in [-0.3, -0.25) is 10.1 Å². The molecule has 0 bridgehead atoms. The molecule has 0 spiro atoms. The van der Waals surface area contributed by atoms with E-state index in [-0.39, 0.29) is 11.1 Å². The first-order valence-corrected chi connectivity index (χ1v) is 7.72. The smallest absolute Gasteiger partial charge is 0.242 e. The van der Waals surface area contributed by atoms with Crippen LogP contribution in [0, 0.1) is 0 Å². The van der Waals surface area contributed by atoms with E-state index in [1.165, 1.54) is 19.3 Å². The van der Waals surface area contributed by atoms with Crippen molar-refractivity contribution in [2.75, 3.05) is 26.2 Å². The number of rotatable bonds is 2. The van der Waals surface area contributed by atoms with Crippen LogP contribution < -0.4 is 10.6 Å². The lowest BCUT2D eigenvalue weighted by molar-refractivity contribution is -0.141. The Morgan fingerprint density at radius 3 is 2.21 bits per heavy atom. The predicted molar refractivity (Wildman–Crippen MR) is 78.2 cm³/mol. The molecule has 0 aromatic heterocycles. The minimum atomic E-state index is -0.312. The lowest BCUT2D eigenvalue weighted by Crippen LogP contribution is -2.65. The molecule has 0 aromatic rings. The van der Waals surface area contributed by atoms with Gasteiger partial charge in [-0.15, -0.1) is 0 Å². The van der Waals surface area contributed by atoms with Gasteiger partial charge in [0.05, 0.1) is 5.54 Å². The van der Waals surface area contributed by atoms with Gasteiger partial charge in [-0.05, 0) is 33.6 Å². The third-order valence-corrected chi connectivity index (χ3v) is 4.13. The fraction of sp³-hybridized carbons (Fsp3) is 0.933. The molecular weight excluding hydrogens is 238 g/mol. The van der Waals surface area contributed by atoms with E-state index >= 15 is 0 Å². The molecule has 4 heteroatoms. The fourth-order valence-corrected chi connectivity index (χ4v) is 3.44. The Morgan fingerprint density at radius 1 is 1.11 bits per heavy atom. The van der Waals surface area contributed by atoms with Crippen molar-refractivity contribution in [3.63, 3.8) is 0 Å². The average molecular weight is 267 g/mol. The van der Waals surface area contributed by atoms with E-state index in [4.69, 9.17) is 0 Å². The molecule has 2 N–H and O–H groups in total. The molecule has 4 nitrogen and oxygen atoms in total. The quantitative estimate of drug-likeness (QED) is 0.797. The molecule has 1 saturated heterocycles. The highest BCUT2D eigenvalue weighted by Gasteiger charge is 2.44. The van der Waals surface area contributed by atoms with Crippen molar-refractivity contribution in [1.29, 1.82) is 0 Å². The van der Waals surface area contributed by atoms with E-state index in [0.717, 1.165) is 39.0 Å². The normalized spacial score (nSPS) is 24.3. The third kappa shape index (κ3) is 3.69. The van der Waals surface area contributed by atoms with Gasteiger partial charge in [0.25, 0.3) is 0 Å². The van der Waals surface area contributed by atoms with Crippen molar-refractivity contribution >= 4 is 5.91 Å². The Bertz CT molecular complexity index is 310. The molecule has 0 radical (unpaired) electrons. The van der Waals surface area contributed by atoms with Gasteiger partial charge in [-0.25, -0.2) is 0 Å². The number of carbonyl (C=O) groups is 1. The number of nitrogens with zero attached hydrogens (tertiary/aromatic N) is 1. The Balaban J connectivity index is 2.13. The Morgan fingerprint density at radius 2 is 1.68 bits per heavy atom. The van der Waals surface area contributed by atoms with E-state index in [1.54, 1.807) is 0 Å². The molecule has 1 heterocycles. The molecule has 0 aromatic carbocycles. The summed E-state index contributed by atoms with van der Waals surface area (Å²) in [6, 6.07) is 0. The Labute approximate surface area is 117 Å². The zero-order chi connectivity index (χ0) is 13.9. The summed E-state index contributed by atoms with van der Waals surface area (Å²) < 4.78 is 0. The van der Waals surface area contributed by atoms with Crippen molar-refractivity contribution in [1.82, 2.24) is 15.5 Å². The van der Waals surface area contributed by atoms with E-state index in [0.29, 0.717) is 5.91 Å². The van der Waals surface area contributed by atoms with Crippen molar-refractivity contribution < 1.29 is 4.79 Å². The second kappa shape index (κ2) is 5.80. The highest BCUT2D eigenvalue weighted by Crippen LogP contribution is 2.32. The number of nitrogens with one attached hydrogen (secondary N) is 2. The van der Waals surface area contributed by atoms with E-state index in [2.05, 4.69) is 36.3 Å². The number of amides is 1. The van der Waals surface area contributed by atoms with Gasteiger partial charge in [0.1, 0.15) is 0 Å². The van der Waals surface area contributed by atoms with Crippen LogP contribution in [-0.2, 0) is 4.79 Å². The molecule has 2 aliphatic rings. The first kappa shape index (κ1) is 14.8. The second-order valence-corrected chi connectivity index (χ2v) is 7.06. The van der Waals surface area contributed by atoms with Crippen LogP contribution in [0.3, 0.4) is 0 Å². The maximum Gasteiger partial charge on any atom is 0.242 e. The van der Waals surface area contributed by atoms with Crippen molar-refractivity contribution in [3.8, 4) is 0 Å². The van der Waals surface area contributed by atoms with Gasteiger partial charge >= 0.3 is 0 Å². The molecule has 2 rings (SSSR count). The van der Waals surface area contributed by atoms with Crippen LogP contribution >= 0.6 is 0 Å². The summed E-state index contributed by atoms with van der Waals surface area (Å²) in [5.41, 5.74) is -0.325. The third-order valence-electron chi connectivity index (χ3n) is 4.13. The Hall–Kier alpha value is -0.610. The first-order chi connectivity index (χ1) is 8.93. The molecule has 1 aliphatic heterocycles. The van der Waals surface area contributed by atoms with Gasteiger partial charge in [0.15, 0.2) is 0 Å². The summed E-state index contributed by atoms with van der Waals surface area (Å²) in [6.07, 6.45) is 5.59. The highest BCUT2D eigenvalue weighted by atomic mass is 16.2. The molecule has 19 heavy (non-hydrogen) atoms. The molecule has 2 fully saturated rings. The number of carbonyl (C=O) groups excluding carboxylic acids is 1. The molecule has 1 amide bonds. The average Bonchev–Trinajstić information content (AvgIpc) is 2.38. The first-order valence-electron chi connectivity index (χ1n) is 7.72. The monoisotopic (exact) mass is 267 g/mol. The molecule has 1 aliphatic carbocycles. The summed E-state index contributed by atoms with van der Waals surface area (Å²) >= 11 is 0. The second-order valence-electron chi connectivity index (χ2n) is 7.06. The molecule has 110 valence electrons. The minimum Gasteiger partial charge on any atom is -0.339 e. The maximum atomic E-state index is 13.0. The summed E-state index contributed by atoms with van der Waals surface area (Å²) in [7, 11) is 0. The summed E-state index contributed by atoms with van der Waals surface area (Å²) in [5, 5.41) is 6.98. The number of hydrogen-bond donors (Lipinski definition) is 2. The van der Waals surface area contributed by atoms with Crippen molar-refractivity contribution in [2.24, 2.45) is 0 Å².